The van der Waals surface area contributed by atoms with Crippen LogP contribution in [-0.2, 0) is 0 Å². The van der Waals surface area contributed by atoms with Crippen LogP contribution in [0.3, 0.4) is 0 Å². The van der Waals surface area contributed by atoms with E-state index in [1.54, 1.807) is 18.4 Å². The van der Waals surface area contributed by atoms with Gasteiger partial charge in [0, 0.05) is 25.2 Å². The molecule has 0 saturated carbocycles. The molecule has 1 aromatic heterocycles. The van der Waals surface area contributed by atoms with E-state index in [-0.39, 0.29) is 5.91 Å². The summed E-state index contributed by atoms with van der Waals surface area (Å²) in [4.78, 5) is 14.2. The first kappa shape index (κ1) is 16.8. The van der Waals surface area contributed by atoms with Gasteiger partial charge in [-0.3, -0.25) is 4.79 Å². The lowest BCUT2D eigenvalue weighted by Gasteiger charge is -2.35. The molecule has 3 rings (SSSR count). The molecule has 2 heterocycles. The minimum atomic E-state index is 0.00178. The quantitative estimate of drug-likeness (QED) is 0.907. The summed E-state index contributed by atoms with van der Waals surface area (Å²) in [6.45, 7) is 6.05. The molecule has 1 aliphatic rings. The number of carbonyl (C=O) groups is 1. The number of nitrogens with zero attached hydrogens (tertiary/aromatic N) is 1. The number of hydrogen-bond acceptors (Lipinski definition) is 3. The van der Waals surface area contributed by atoms with E-state index < -0.39 is 0 Å². The lowest BCUT2D eigenvalue weighted by molar-refractivity contribution is 0.0667. The standard InChI is InChI=1S/C20H26N2O2/c1-15(2)19(16-7-4-3-5-8-16)21-17-10-12-22(13-11-17)20(23)18-9-6-14-24-18/h3-9,14-15,17,19,21H,10-13H2,1-2H3/t19-/m1/s1. The summed E-state index contributed by atoms with van der Waals surface area (Å²) in [7, 11) is 0. The molecule has 1 fully saturated rings. The molecule has 1 saturated heterocycles. The summed E-state index contributed by atoms with van der Waals surface area (Å²) in [6, 6.07) is 14.9. The first-order valence-electron chi connectivity index (χ1n) is 8.79. The van der Waals surface area contributed by atoms with Gasteiger partial charge in [-0.05, 0) is 36.5 Å². The molecule has 0 bridgehead atoms. The molecule has 0 radical (unpaired) electrons. The highest BCUT2D eigenvalue weighted by Gasteiger charge is 2.27. The molecule has 1 aromatic carbocycles. The minimum Gasteiger partial charge on any atom is -0.459 e. The normalized spacial score (nSPS) is 17.2. The van der Waals surface area contributed by atoms with E-state index in [0.29, 0.717) is 23.8 Å². The fraction of sp³-hybridized carbons (Fsp3) is 0.450. The van der Waals surface area contributed by atoms with Crippen molar-refractivity contribution in [3.05, 3.63) is 60.1 Å². The number of furan rings is 1. The van der Waals surface area contributed by atoms with Gasteiger partial charge in [-0.25, -0.2) is 0 Å². The number of likely N-dealkylation sites (tertiary alicyclic amines) is 1. The van der Waals surface area contributed by atoms with E-state index >= 15 is 0 Å². The molecule has 4 heteroatoms. The van der Waals surface area contributed by atoms with Crippen LogP contribution in [0.25, 0.3) is 0 Å². The van der Waals surface area contributed by atoms with Gasteiger partial charge in [0.15, 0.2) is 5.76 Å². The zero-order valence-electron chi connectivity index (χ0n) is 14.4. The van der Waals surface area contributed by atoms with Crippen LogP contribution in [0.2, 0.25) is 0 Å². The molecule has 1 atom stereocenters. The number of amides is 1. The van der Waals surface area contributed by atoms with Crippen LogP contribution in [0.4, 0.5) is 0 Å². The Kier molecular flexibility index (Phi) is 5.36. The van der Waals surface area contributed by atoms with E-state index in [4.69, 9.17) is 4.42 Å². The van der Waals surface area contributed by atoms with Gasteiger partial charge in [0.1, 0.15) is 0 Å². The van der Waals surface area contributed by atoms with Gasteiger partial charge >= 0.3 is 0 Å². The molecule has 2 aromatic rings. The summed E-state index contributed by atoms with van der Waals surface area (Å²) in [6.07, 6.45) is 3.50. The zero-order valence-corrected chi connectivity index (χ0v) is 14.4. The summed E-state index contributed by atoms with van der Waals surface area (Å²) in [5.41, 5.74) is 1.33. The van der Waals surface area contributed by atoms with E-state index in [9.17, 15) is 4.79 Å². The predicted octanol–water partition coefficient (Wildman–Crippen LogP) is 3.87. The molecule has 1 aliphatic heterocycles. The molecule has 0 spiro atoms. The fourth-order valence-electron chi connectivity index (χ4n) is 3.39. The van der Waals surface area contributed by atoms with Crippen LogP contribution < -0.4 is 5.32 Å². The summed E-state index contributed by atoms with van der Waals surface area (Å²) in [5.74, 6) is 0.961. The van der Waals surface area contributed by atoms with Gasteiger partial charge in [0.25, 0.3) is 5.91 Å². The lowest BCUT2D eigenvalue weighted by Crippen LogP contribution is -2.46. The van der Waals surface area contributed by atoms with Gasteiger partial charge in [0.2, 0.25) is 0 Å². The van der Waals surface area contributed by atoms with Crippen molar-refractivity contribution in [2.24, 2.45) is 5.92 Å². The number of carbonyl (C=O) groups excluding carboxylic acids is 1. The smallest absolute Gasteiger partial charge is 0.289 e. The van der Waals surface area contributed by atoms with Crippen LogP contribution in [-0.4, -0.2) is 29.9 Å². The van der Waals surface area contributed by atoms with Crippen molar-refractivity contribution >= 4 is 5.91 Å². The molecule has 1 N–H and O–H groups in total. The summed E-state index contributed by atoms with van der Waals surface area (Å²) in [5, 5.41) is 3.80. The van der Waals surface area contributed by atoms with Crippen LogP contribution in [0, 0.1) is 5.92 Å². The van der Waals surface area contributed by atoms with Crippen LogP contribution in [0.1, 0.15) is 48.8 Å². The SMILES string of the molecule is CC(C)[C@@H](NC1CCN(C(=O)c2ccco2)CC1)c1ccccc1. The van der Waals surface area contributed by atoms with E-state index in [1.165, 1.54) is 5.56 Å². The summed E-state index contributed by atoms with van der Waals surface area (Å²) < 4.78 is 5.22. The Morgan fingerprint density at radius 1 is 1.12 bits per heavy atom. The highest BCUT2D eigenvalue weighted by Crippen LogP contribution is 2.24. The average molecular weight is 326 g/mol. The van der Waals surface area contributed by atoms with Crippen molar-refractivity contribution < 1.29 is 9.21 Å². The molecule has 0 aliphatic carbocycles. The largest absolute Gasteiger partial charge is 0.459 e. The second kappa shape index (κ2) is 7.67. The maximum absolute atomic E-state index is 12.3. The third-order valence-corrected chi connectivity index (χ3v) is 4.75. The van der Waals surface area contributed by atoms with Crippen molar-refractivity contribution in [3.8, 4) is 0 Å². The van der Waals surface area contributed by atoms with Gasteiger partial charge in [-0.2, -0.15) is 0 Å². The van der Waals surface area contributed by atoms with Crippen molar-refractivity contribution in [1.82, 2.24) is 10.2 Å². The number of benzene rings is 1. The van der Waals surface area contributed by atoms with Crippen LogP contribution in [0.15, 0.2) is 53.1 Å². The molecule has 128 valence electrons. The average Bonchev–Trinajstić information content (AvgIpc) is 3.15. The molecular formula is C20H26N2O2. The van der Waals surface area contributed by atoms with Crippen molar-refractivity contribution in [1.29, 1.82) is 0 Å². The van der Waals surface area contributed by atoms with Gasteiger partial charge in [0.05, 0.1) is 6.26 Å². The Balaban J connectivity index is 1.57. The number of rotatable bonds is 5. The second-order valence-electron chi connectivity index (χ2n) is 6.84. The first-order chi connectivity index (χ1) is 11.6. The molecule has 24 heavy (non-hydrogen) atoms. The highest BCUT2D eigenvalue weighted by atomic mass is 16.3. The van der Waals surface area contributed by atoms with Gasteiger partial charge < -0.3 is 14.6 Å². The van der Waals surface area contributed by atoms with Gasteiger partial charge in [-0.15, -0.1) is 0 Å². The Hall–Kier alpha value is -2.07. The number of piperidine rings is 1. The van der Waals surface area contributed by atoms with Gasteiger partial charge in [-0.1, -0.05) is 44.2 Å². The Labute approximate surface area is 143 Å². The third-order valence-electron chi connectivity index (χ3n) is 4.75. The van der Waals surface area contributed by atoms with E-state index in [2.05, 4.69) is 49.5 Å². The molecule has 4 nitrogen and oxygen atoms in total. The van der Waals surface area contributed by atoms with Crippen LogP contribution in [0.5, 0.6) is 0 Å². The highest BCUT2D eigenvalue weighted by molar-refractivity contribution is 5.91. The zero-order chi connectivity index (χ0) is 16.9. The molecule has 1 amide bonds. The monoisotopic (exact) mass is 326 g/mol. The number of hydrogen-bond donors (Lipinski definition) is 1. The Bertz CT molecular complexity index is 629. The van der Waals surface area contributed by atoms with E-state index in [0.717, 1.165) is 25.9 Å². The minimum absolute atomic E-state index is 0.00178. The lowest BCUT2D eigenvalue weighted by atomic mass is 9.93. The van der Waals surface area contributed by atoms with E-state index in [1.807, 2.05) is 4.90 Å². The first-order valence-corrected chi connectivity index (χ1v) is 8.79. The predicted molar refractivity (Wildman–Crippen MR) is 94.8 cm³/mol. The summed E-state index contributed by atoms with van der Waals surface area (Å²) >= 11 is 0. The molecular weight excluding hydrogens is 300 g/mol. The fourth-order valence-corrected chi connectivity index (χ4v) is 3.39. The Morgan fingerprint density at radius 3 is 2.42 bits per heavy atom. The van der Waals surface area contributed by atoms with Crippen molar-refractivity contribution in [3.63, 3.8) is 0 Å². The van der Waals surface area contributed by atoms with Crippen molar-refractivity contribution in [2.75, 3.05) is 13.1 Å². The maximum atomic E-state index is 12.3. The Morgan fingerprint density at radius 2 is 1.83 bits per heavy atom. The number of nitrogens with one attached hydrogen (secondary N) is 1. The third kappa shape index (κ3) is 3.88. The van der Waals surface area contributed by atoms with Crippen molar-refractivity contribution in [2.45, 2.75) is 38.8 Å². The second-order valence-corrected chi connectivity index (χ2v) is 6.84. The molecule has 0 unspecified atom stereocenters. The maximum Gasteiger partial charge on any atom is 0.289 e. The topological polar surface area (TPSA) is 45.5 Å². The van der Waals surface area contributed by atoms with Crippen LogP contribution >= 0.6 is 0 Å².